The van der Waals surface area contributed by atoms with Crippen LogP contribution in [0.25, 0.3) is 33.5 Å². The largest absolute Gasteiger partial charge is 0.339 e. The number of benzene rings is 2. The Labute approximate surface area is 179 Å². The molecule has 0 unspecified atom stereocenters. The number of rotatable bonds is 3. The van der Waals surface area contributed by atoms with Crippen molar-refractivity contribution in [1.29, 1.82) is 0 Å². The van der Waals surface area contributed by atoms with Gasteiger partial charge in [-0.25, -0.2) is 15.0 Å². The van der Waals surface area contributed by atoms with E-state index in [1.165, 1.54) is 18.7 Å². The van der Waals surface area contributed by atoms with Crippen LogP contribution in [0.3, 0.4) is 0 Å². The topological polar surface area (TPSA) is 59.0 Å². The van der Waals surface area contributed by atoms with Gasteiger partial charge in [0.15, 0.2) is 0 Å². The van der Waals surface area contributed by atoms with Crippen molar-refractivity contribution in [3.05, 3.63) is 78.4 Å². The molecule has 5 rings (SSSR count). The summed E-state index contributed by atoms with van der Waals surface area (Å²) in [5, 5.41) is 0. The van der Waals surface area contributed by atoms with Gasteiger partial charge in [0.05, 0.1) is 22.4 Å². The average Bonchev–Trinajstić information content (AvgIpc) is 2.84. The third kappa shape index (κ3) is 3.89. The van der Waals surface area contributed by atoms with Gasteiger partial charge in [-0.3, -0.25) is 4.79 Å². The zero-order valence-corrected chi connectivity index (χ0v) is 17.0. The van der Waals surface area contributed by atoms with E-state index < -0.39 is 5.95 Å². The minimum Gasteiger partial charge on any atom is -0.339 e. The van der Waals surface area contributed by atoms with Crippen molar-refractivity contribution < 1.29 is 9.18 Å². The fraction of sp³-hybridized carbons (Fsp3) is 0.200. The van der Waals surface area contributed by atoms with Gasteiger partial charge in [0.1, 0.15) is 0 Å². The minimum atomic E-state index is -0.548. The predicted octanol–water partition coefficient (Wildman–Crippen LogP) is 5.12. The number of fused-ring (bicyclic) bond motifs is 1. The summed E-state index contributed by atoms with van der Waals surface area (Å²) in [5.41, 5.74) is 4.81. The van der Waals surface area contributed by atoms with Crippen LogP contribution in [0, 0.1) is 5.95 Å². The molecule has 0 spiro atoms. The van der Waals surface area contributed by atoms with Gasteiger partial charge in [0.25, 0.3) is 5.91 Å². The molecule has 0 aliphatic carbocycles. The average molecular weight is 412 g/mol. The van der Waals surface area contributed by atoms with Crippen LogP contribution < -0.4 is 0 Å². The van der Waals surface area contributed by atoms with E-state index >= 15 is 0 Å². The highest BCUT2D eigenvalue weighted by atomic mass is 19.1. The summed E-state index contributed by atoms with van der Waals surface area (Å²) in [6.07, 6.45) is 4.72. The van der Waals surface area contributed by atoms with E-state index in [4.69, 9.17) is 9.97 Å². The van der Waals surface area contributed by atoms with Gasteiger partial charge in [-0.05, 0) is 49.6 Å². The van der Waals surface area contributed by atoms with E-state index in [9.17, 15) is 9.18 Å². The summed E-state index contributed by atoms with van der Waals surface area (Å²) >= 11 is 0. The van der Waals surface area contributed by atoms with Crippen LogP contribution in [0.2, 0.25) is 0 Å². The molecule has 0 radical (unpaired) electrons. The molecule has 1 fully saturated rings. The number of piperidine rings is 1. The molecule has 2 aromatic heterocycles. The van der Waals surface area contributed by atoms with E-state index in [1.807, 2.05) is 47.4 Å². The maximum atomic E-state index is 13.4. The fourth-order valence-corrected chi connectivity index (χ4v) is 3.98. The van der Waals surface area contributed by atoms with Crippen molar-refractivity contribution in [3.8, 4) is 22.5 Å². The first-order chi connectivity index (χ1) is 15.2. The quantitative estimate of drug-likeness (QED) is 0.438. The van der Waals surface area contributed by atoms with E-state index in [0.29, 0.717) is 33.5 Å². The molecule has 1 amide bonds. The third-order valence-corrected chi connectivity index (χ3v) is 5.60. The van der Waals surface area contributed by atoms with Crippen molar-refractivity contribution in [2.75, 3.05) is 13.1 Å². The number of carbonyl (C=O) groups excluding carboxylic acids is 1. The van der Waals surface area contributed by atoms with Crippen LogP contribution in [-0.2, 0) is 0 Å². The monoisotopic (exact) mass is 412 g/mol. The van der Waals surface area contributed by atoms with Crippen molar-refractivity contribution in [2.24, 2.45) is 0 Å². The number of amides is 1. The zero-order valence-electron chi connectivity index (χ0n) is 17.0. The third-order valence-electron chi connectivity index (χ3n) is 5.60. The maximum absolute atomic E-state index is 13.4. The van der Waals surface area contributed by atoms with Crippen LogP contribution in [0.4, 0.5) is 4.39 Å². The molecule has 2 aromatic carbocycles. The van der Waals surface area contributed by atoms with E-state index in [0.717, 1.165) is 31.5 Å². The molecule has 0 bridgehead atoms. The molecule has 4 aromatic rings. The highest BCUT2D eigenvalue weighted by Gasteiger charge is 2.20. The van der Waals surface area contributed by atoms with Gasteiger partial charge < -0.3 is 4.90 Å². The predicted molar refractivity (Wildman–Crippen MR) is 118 cm³/mol. The number of hydrogen-bond acceptors (Lipinski definition) is 4. The van der Waals surface area contributed by atoms with Crippen LogP contribution >= 0.6 is 0 Å². The molecule has 0 N–H and O–H groups in total. The van der Waals surface area contributed by atoms with Gasteiger partial charge in [-0.15, -0.1) is 0 Å². The van der Waals surface area contributed by atoms with E-state index in [-0.39, 0.29) is 5.91 Å². The number of halogens is 1. The van der Waals surface area contributed by atoms with Crippen molar-refractivity contribution >= 4 is 16.9 Å². The molecule has 6 heteroatoms. The summed E-state index contributed by atoms with van der Waals surface area (Å²) in [6.45, 7) is 1.59. The lowest BCUT2D eigenvalue weighted by Gasteiger charge is -2.26. The maximum Gasteiger partial charge on any atom is 0.253 e. The first-order valence-electron chi connectivity index (χ1n) is 10.5. The first-order valence-corrected chi connectivity index (χ1v) is 10.5. The Morgan fingerprint density at radius 3 is 2.29 bits per heavy atom. The number of pyridine rings is 1. The smallest absolute Gasteiger partial charge is 0.253 e. The number of likely N-dealkylation sites (tertiary alicyclic amines) is 1. The van der Waals surface area contributed by atoms with Gasteiger partial charge >= 0.3 is 0 Å². The molecule has 3 heterocycles. The molecular weight excluding hydrogens is 391 g/mol. The van der Waals surface area contributed by atoms with E-state index in [2.05, 4.69) is 4.98 Å². The molecule has 5 nitrogen and oxygen atoms in total. The summed E-state index contributed by atoms with van der Waals surface area (Å²) < 4.78 is 13.4. The van der Waals surface area contributed by atoms with Crippen molar-refractivity contribution in [2.45, 2.75) is 19.3 Å². The number of carbonyl (C=O) groups is 1. The molecule has 0 atom stereocenters. The first kappa shape index (κ1) is 19.3. The zero-order chi connectivity index (χ0) is 21.2. The van der Waals surface area contributed by atoms with Crippen LogP contribution in [0.1, 0.15) is 29.6 Å². The number of nitrogens with zero attached hydrogens (tertiary/aromatic N) is 4. The normalized spacial score (nSPS) is 14.0. The minimum absolute atomic E-state index is 0.0283. The molecule has 154 valence electrons. The van der Waals surface area contributed by atoms with Gasteiger partial charge in [0.2, 0.25) is 5.95 Å². The molecule has 1 aliphatic heterocycles. The standard InChI is InChI=1S/C25H21FN4O/c26-22-12-10-19(16-27-22)24-23(17-7-3-1-4-8-17)28-20-11-9-18(15-21(20)29-24)25(31)30-13-5-2-6-14-30/h1,3-4,7-12,15-16H,2,5-6,13-14H2. The van der Waals surface area contributed by atoms with E-state index in [1.54, 1.807) is 12.1 Å². The Balaban J connectivity index is 1.64. The van der Waals surface area contributed by atoms with Crippen LogP contribution in [0.5, 0.6) is 0 Å². The lowest BCUT2D eigenvalue weighted by Crippen LogP contribution is -2.35. The second kappa shape index (κ2) is 8.22. The van der Waals surface area contributed by atoms with Crippen LogP contribution in [0.15, 0.2) is 66.9 Å². The summed E-state index contributed by atoms with van der Waals surface area (Å²) in [7, 11) is 0. The van der Waals surface area contributed by atoms with Gasteiger partial charge in [-0.2, -0.15) is 4.39 Å². The van der Waals surface area contributed by atoms with Gasteiger partial charge in [-0.1, -0.05) is 30.3 Å². The second-order valence-electron chi connectivity index (χ2n) is 7.71. The molecule has 31 heavy (non-hydrogen) atoms. The van der Waals surface area contributed by atoms with Crippen molar-refractivity contribution in [3.63, 3.8) is 0 Å². The highest BCUT2D eigenvalue weighted by molar-refractivity contribution is 5.98. The molecule has 1 aliphatic rings. The Hall–Kier alpha value is -3.67. The lowest BCUT2D eigenvalue weighted by atomic mass is 10.0. The number of hydrogen-bond donors (Lipinski definition) is 0. The molecule has 1 saturated heterocycles. The summed E-state index contributed by atoms with van der Waals surface area (Å²) in [6, 6.07) is 18.2. The second-order valence-corrected chi connectivity index (χ2v) is 7.71. The lowest BCUT2D eigenvalue weighted by molar-refractivity contribution is 0.0724. The highest BCUT2D eigenvalue weighted by Crippen LogP contribution is 2.31. The SMILES string of the molecule is O=C(c1ccc2nc(-c3ccccc3)c(-c3ccc(F)nc3)nc2c1)N1CCCCC1. The fourth-order valence-electron chi connectivity index (χ4n) is 3.98. The molecule has 0 saturated carbocycles. The van der Waals surface area contributed by atoms with Crippen LogP contribution in [-0.4, -0.2) is 38.8 Å². The summed E-state index contributed by atoms with van der Waals surface area (Å²) in [5.74, 6) is -0.520. The molecular formula is C25H21FN4O. The van der Waals surface area contributed by atoms with Gasteiger partial charge in [0, 0.05) is 36.0 Å². The Kier molecular flexibility index (Phi) is 5.12. The van der Waals surface area contributed by atoms with Crippen molar-refractivity contribution in [1.82, 2.24) is 19.9 Å². The summed E-state index contributed by atoms with van der Waals surface area (Å²) in [4.78, 5) is 28.3. The number of aromatic nitrogens is 3. The Morgan fingerprint density at radius 1 is 0.806 bits per heavy atom. The Morgan fingerprint density at radius 2 is 1.55 bits per heavy atom. The Bertz CT molecular complexity index is 1240.